The summed E-state index contributed by atoms with van der Waals surface area (Å²) in [6.45, 7) is 12.7. The fraction of sp³-hybridized carbons (Fsp3) is 0.909. The van der Waals surface area contributed by atoms with E-state index in [9.17, 15) is 0 Å². The Kier molecular flexibility index (Phi) is 2.33. The van der Waals surface area contributed by atoms with Gasteiger partial charge in [-0.2, -0.15) is 0 Å². The van der Waals surface area contributed by atoms with Crippen molar-refractivity contribution in [2.24, 2.45) is 5.41 Å². The van der Waals surface area contributed by atoms with Gasteiger partial charge in [0.15, 0.2) is 5.54 Å². The maximum atomic E-state index is 2.48. The van der Waals surface area contributed by atoms with Crippen molar-refractivity contribution < 1.29 is 4.58 Å². The van der Waals surface area contributed by atoms with Crippen LogP contribution >= 0.6 is 0 Å². The minimum absolute atomic E-state index is 0.303. The first-order valence-electron chi connectivity index (χ1n) is 4.94. The lowest BCUT2D eigenvalue weighted by molar-refractivity contribution is -0.599. The van der Waals surface area contributed by atoms with E-state index in [1.165, 1.54) is 19.4 Å². The first-order chi connectivity index (χ1) is 5.31. The lowest BCUT2D eigenvalue weighted by Crippen LogP contribution is -2.41. The van der Waals surface area contributed by atoms with Gasteiger partial charge in [0.25, 0.3) is 0 Å². The fourth-order valence-corrected chi connectivity index (χ4v) is 1.79. The van der Waals surface area contributed by atoms with Crippen molar-refractivity contribution in [1.29, 1.82) is 0 Å². The zero-order chi connectivity index (χ0) is 9.41. The van der Waals surface area contributed by atoms with Crippen molar-refractivity contribution in [3.8, 4) is 0 Å². The summed E-state index contributed by atoms with van der Waals surface area (Å²) in [5, 5.41) is 0. The molecule has 1 nitrogen and oxygen atoms in total. The van der Waals surface area contributed by atoms with Gasteiger partial charge < -0.3 is 0 Å². The molecule has 0 spiro atoms. The van der Waals surface area contributed by atoms with E-state index in [1.807, 2.05) is 0 Å². The van der Waals surface area contributed by atoms with Crippen molar-refractivity contribution in [3.05, 3.63) is 0 Å². The van der Waals surface area contributed by atoms with Crippen LogP contribution in [0.15, 0.2) is 0 Å². The molecular formula is C11H22N+. The highest BCUT2D eigenvalue weighted by Gasteiger charge is 2.32. The topological polar surface area (TPSA) is 3.01 Å². The molecule has 1 heterocycles. The SMILES string of the molecule is CC1(C)C=[N+](C(C)(C)C)CCC1. The third-order valence-electron chi connectivity index (χ3n) is 2.59. The zero-order valence-corrected chi connectivity index (χ0v) is 9.15. The molecule has 0 aromatic heterocycles. The molecule has 0 radical (unpaired) electrons. The summed E-state index contributed by atoms with van der Waals surface area (Å²) >= 11 is 0. The second kappa shape index (κ2) is 2.86. The predicted molar refractivity (Wildman–Crippen MR) is 54.0 cm³/mol. The van der Waals surface area contributed by atoms with Gasteiger partial charge >= 0.3 is 0 Å². The largest absolute Gasteiger partial charge is 0.235 e. The molecule has 0 bridgehead atoms. The van der Waals surface area contributed by atoms with Crippen LogP contribution < -0.4 is 0 Å². The molecule has 0 amide bonds. The van der Waals surface area contributed by atoms with Crippen LogP contribution in [0.2, 0.25) is 0 Å². The van der Waals surface area contributed by atoms with E-state index in [4.69, 9.17) is 0 Å². The minimum Gasteiger partial charge on any atom is -0.235 e. The van der Waals surface area contributed by atoms with Crippen molar-refractivity contribution in [2.75, 3.05) is 6.54 Å². The van der Waals surface area contributed by atoms with Crippen molar-refractivity contribution >= 4 is 6.21 Å². The van der Waals surface area contributed by atoms with E-state index in [0.29, 0.717) is 11.0 Å². The van der Waals surface area contributed by atoms with Crippen LogP contribution in [0.3, 0.4) is 0 Å². The first kappa shape index (κ1) is 9.76. The zero-order valence-electron chi connectivity index (χ0n) is 9.15. The van der Waals surface area contributed by atoms with Gasteiger partial charge in [0, 0.05) is 11.8 Å². The van der Waals surface area contributed by atoms with Crippen LogP contribution in [0.1, 0.15) is 47.5 Å². The van der Waals surface area contributed by atoms with Gasteiger partial charge in [0.05, 0.1) is 0 Å². The monoisotopic (exact) mass is 168 g/mol. The van der Waals surface area contributed by atoms with E-state index in [1.54, 1.807) is 0 Å². The molecule has 0 saturated heterocycles. The van der Waals surface area contributed by atoms with Crippen LogP contribution in [0.4, 0.5) is 0 Å². The average Bonchev–Trinajstić information content (AvgIpc) is 1.83. The number of hydrogen-bond acceptors (Lipinski definition) is 0. The van der Waals surface area contributed by atoms with Crippen molar-refractivity contribution in [2.45, 2.75) is 53.0 Å². The third kappa shape index (κ3) is 2.33. The quantitative estimate of drug-likeness (QED) is 0.489. The van der Waals surface area contributed by atoms with Crippen LogP contribution in [0.5, 0.6) is 0 Å². The molecule has 0 unspecified atom stereocenters. The van der Waals surface area contributed by atoms with E-state index >= 15 is 0 Å². The summed E-state index contributed by atoms with van der Waals surface area (Å²) in [6, 6.07) is 0. The van der Waals surface area contributed by atoms with E-state index < -0.39 is 0 Å². The Labute approximate surface area is 76.5 Å². The first-order valence-corrected chi connectivity index (χ1v) is 4.94. The molecule has 0 N–H and O–H groups in total. The molecule has 0 aromatic rings. The van der Waals surface area contributed by atoms with Gasteiger partial charge in [-0.1, -0.05) is 13.8 Å². The summed E-state index contributed by atoms with van der Waals surface area (Å²) < 4.78 is 2.48. The molecule has 70 valence electrons. The van der Waals surface area contributed by atoms with Gasteiger partial charge in [-0.05, 0) is 27.2 Å². The molecule has 12 heavy (non-hydrogen) atoms. The van der Waals surface area contributed by atoms with Gasteiger partial charge in [0.2, 0.25) is 0 Å². The molecule has 0 fully saturated rings. The lowest BCUT2D eigenvalue weighted by atomic mass is 9.86. The van der Waals surface area contributed by atoms with E-state index in [2.05, 4.69) is 45.4 Å². The number of hydrogen-bond donors (Lipinski definition) is 0. The molecule has 1 aliphatic heterocycles. The second-order valence-corrected chi connectivity index (χ2v) is 5.59. The highest BCUT2D eigenvalue weighted by Crippen LogP contribution is 2.25. The number of nitrogens with zero attached hydrogens (tertiary/aromatic N) is 1. The standard InChI is InChI=1S/C11H22N/c1-10(2,3)12-8-6-7-11(4,5)9-12/h9H,6-8H2,1-5H3/q+1. The minimum atomic E-state index is 0.303. The highest BCUT2D eigenvalue weighted by molar-refractivity contribution is 5.60. The van der Waals surface area contributed by atoms with Crippen molar-refractivity contribution in [3.63, 3.8) is 0 Å². The summed E-state index contributed by atoms with van der Waals surface area (Å²) in [7, 11) is 0. The normalized spacial score (nSPS) is 23.6. The van der Waals surface area contributed by atoms with E-state index in [0.717, 1.165) is 0 Å². The Balaban J connectivity index is 2.85. The molecular weight excluding hydrogens is 146 g/mol. The second-order valence-electron chi connectivity index (χ2n) is 5.59. The Morgan fingerprint density at radius 3 is 2.17 bits per heavy atom. The predicted octanol–water partition coefficient (Wildman–Crippen LogP) is 2.69. The van der Waals surface area contributed by atoms with Crippen LogP contribution in [-0.4, -0.2) is 22.9 Å². The molecule has 0 atom stereocenters. The van der Waals surface area contributed by atoms with E-state index in [-0.39, 0.29) is 0 Å². The van der Waals surface area contributed by atoms with Gasteiger partial charge in [0.1, 0.15) is 12.8 Å². The Morgan fingerprint density at radius 1 is 1.25 bits per heavy atom. The van der Waals surface area contributed by atoms with Crippen molar-refractivity contribution in [1.82, 2.24) is 0 Å². The van der Waals surface area contributed by atoms with Gasteiger partial charge in [-0.25, -0.2) is 4.58 Å². The summed E-state index contributed by atoms with van der Waals surface area (Å²) in [6.07, 6.45) is 5.08. The highest BCUT2D eigenvalue weighted by atomic mass is 15.1. The van der Waals surface area contributed by atoms with Gasteiger partial charge in [-0.15, -0.1) is 0 Å². The molecule has 1 aliphatic rings. The Hall–Kier alpha value is -0.330. The molecule has 1 heteroatoms. The lowest BCUT2D eigenvalue weighted by Gasteiger charge is -2.28. The molecule has 0 aromatic carbocycles. The van der Waals surface area contributed by atoms with Crippen LogP contribution in [0, 0.1) is 5.41 Å². The average molecular weight is 168 g/mol. The van der Waals surface area contributed by atoms with Crippen LogP contribution in [-0.2, 0) is 0 Å². The maximum Gasteiger partial charge on any atom is 0.153 e. The fourth-order valence-electron chi connectivity index (χ4n) is 1.79. The summed E-state index contributed by atoms with van der Waals surface area (Å²) in [4.78, 5) is 0. The molecule has 0 aliphatic carbocycles. The summed E-state index contributed by atoms with van der Waals surface area (Å²) in [5.74, 6) is 0. The maximum absolute atomic E-state index is 2.48. The smallest absolute Gasteiger partial charge is 0.153 e. The summed E-state index contributed by atoms with van der Waals surface area (Å²) in [5.41, 5.74) is 0.712. The Morgan fingerprint density at radius 2 is 1.83 bits per heavy atom. The van der Waals surface area contributed by atoms with Gasteiger partial charge in [-0.3, -0.25) is 0 Å². The third-order valence-corrected chi connectivity index (χ3v) is 2.59. The Bertz CT molecular complexity index is 194. The number of rotatable bonds is 0. The molecule has 1 rings (SSSR count). The molecule has 0 saturated carbocycles. The van der Waals surface area contributed by atoms with Crippen LogP contribution in [0.25, 0.3) is 0 Å².